The van der Waals surface area contributed by atoms with Crippen LogP contribution in [0.3, 0.4) is 0 Å². The molecule has 0 aliphatic carbocycles. The number of aliphatic hydroxyl groups is 1. The lowest BCUT2D eigenvalue weighted by Crippen LogP contribution is -2.63. The topological polar surface area (TPSA) is 125 Å². The average molecular weight is 814 g/mol. The first-order valence-electron chi connectivity index (χ1n) is 17.9. The van der Waals surface area contributed by atoms with Gasteiger partial charge >= 0.3 is 0 Å². The minimum atomic E-state index is -4.20. The van der Waals surface area contributed by atoms with E-state index in [1.165, 1.54) is 24.3 Å². The molecule has 1 fully saturated rings. The van der Waals surface area contributed by atoms with E-state index in [-0.39, 0.29) is 30.1 Å². The molecule has 54 heavy (non-hydrogen) atoms. The van der Waals surface area contributed by atoms with Gasteiger partial charge in [-0.15, -0.1) is 0 Å². The molecule has 1 aliphatic rings. The molecule has 0 amide bonds. The fraction of sp³-hybridized carbons (Fsp3) is 0.286. The van der Waals surface area contributed by atoms with Gasteiger partial charge < -0.3 is 9.84 Å². The van der Waals surface area contributed by atoms with E-state index in [1.54, 1.807) is 0 Å². The van der Waals surface area contributed by atoms with E-state index in [2.05, 4.69) is 62.0 Å². The van der Waals surface area contributed by atoms with Gasteiger partial charge in [0.1, 0.15) is 5.60 Å². The summed E-state index contributed by atoms with van der Waals surface area (Å²) in [6.07, 6.45) is 1.14. The number of para-hydroxylation sites is 1. The fourth-order valence-corrected chi connectivity index (χ4v) is 9.10. The summed E-state index contributed by atoms with van der Waals surface area (Å²) in [7, 11) is -0.311. The van der Waals surface area contributed by atoms with Crippen molar-refractivity contribution in [3.05, 3.63) is 176 Å². The van der Waals surface area contributed by atoms with Crippen molar-refractivity contribution in [1.82, 2.24) is 14.5 Å². The lowest BCUT2D eigenvalue weighted by Gasteiger charge is -2.51. The highest BCUT2D eigenvalue weighted by Gasteiger charge is 2.45. The van der Waals surface area contributed by atoms with E-state index >= 15 is 0 Å². The van der Waals surface area contributed by atoms with E-state index in [4.69, 9.17) is 4.74 Å². The Morgan fingerprint density at radius 3 is 1.83 bits per heavy atom. The molecule has 0 bridgehead atoms. The van der Waals surface area contributed by atoms with Crippen molar-refractivity contribution >= 4 is 31.6 Å². The second kappa shape index (κ2) is 17.0. The molecule has 5 aromatic carbocycles. The number of rotatable bonds is 17. The molecule has 3 atom stereocenters. The van der Waals surface area contributed by atoms with Crippen LogP contribution >= 0.6 is 15.9 Å². The van der Waals surface area contributed by atoms with Gasteiger partial charge in [-0.3, -0.25) is 19.9 Å². The Kier molecular flexibility index (Phi) is 12.4. The Morgan fingerprint density at radius 2 is 1.33 bits per heavy atom. The highest BCUT2D eigenvalue weighted by Crippen LogP contribution is 2.42. The van der Waals surface area contributed by atoms with Gasteiger partial charge in [-0.1, -0.05) is 131 Å². The molecule has 12 heteroatoms. The van der Waals surface area contributed by atoms with Crippen LogP contribution in [0.15, 0.2) is 149 Å². The second-order valence-corrected chi connectivity index (χ2v) is 16.4. The Bertz CT molecular complexity index is 2010. The second-order valence-electron chi connectivity index (χ2n) is 13.8. The van der Waals surface area contributed by atoms with Gasteiger partial charge in [0, 0.05) is 35.7 Å². The van der Waals surface area contributed by atoms with E-state index in [0.717, 1.165) is 26.7 Å². The number of benzene rings is 5. The van der Waals surface area contributed by atoms with Crippen LogP contribution in [-0.2, 0) is 25.9 Å². The zero-order valence-corrected chi connectivity index (χ0v) is 32.7. The first-order valence-corrected chi connectivity index (χ1v) is 20.1. The van der Waals surface area contributed by atoms with Crippen LogP contribution < -0.4 is 4.72 Å². The van der Waals surface area contributed by atoms with Crippen molar-refractivity contribution < 1.29 is 23.2 Å². The Morgan fingerprint density at radius 1 is 0.815 bits per heavy atom. The molecule has 2 N–H and O–H groups in total. The monoisotopic (exact) mass is 812 g/mol. The van der Waals surface area contributed by atoms with Crippen LogP contribution in [-0.4, -0.2) is 80.7 Å². The molecule has 0 saturated carbocycles. The van der Waals surface area contributed by atoms with Crippen molar-refractivity contribution in [3.63, 3.8) is 0 Å². The van der Waals surface area contributed by atoms with Crippen molar-refractivity contribution in [3.8, 4) is 0 Å². The van der Waals surface area contributed by atoms with Crippen LogP contribution in [0.1, 0.15) is 35.1 Å². The summed E-state index contributed by atoms with van der Waals surface area (Å²) in [6, 6.07) is 43.4. The highest BCUT2D eigenvalue weighted by molar-refractivity contribution is 9.10. The van der Waals surface area contributed by atoms with E-state index < -0.39 is 31.8 Å². The molecular weight excluding hydrogens is 768 g/mol. The average Bonchev–Trinajstić information content (AvgIpc) is 3.19. The molecule has 1 saturated heterocycles. The van der Waals surface area contributed by atoms with Crippen molar-refractivity contribution in [1.29, 1.82) is 0 Å². The summed E-state index contributed by atoms with van der Waals surface area (Å²) >= 11 is 3.52. The maximum atomic E-state index is 13.5. The van der Waals surface area contributed by atoms with E-state index in [9.17, 15) is 23.6 Å². The molecule has 10 nitrogen and oxygen atoms in total. The van der Waals surface area contributed by atoms with Crippen LogP contribution in [0.2, 0.25) is 0 Å². The highest BCUT2D eigenvalue weighted by atomic mass is 79.9. The number of sulfonamides is 1. The van der Waals surface area contributed by atoms with Crippen LogP contribution in [0, 0.1) is 10.1 Å². The molecule has 1 aliphatic heterocycles. The Balaban J connectivity index is 1.32. The number of likely N-dealkylation sites (N-methyl/N-ethyl adjacent to an activating group) is 1. The van der Waals surface area contributed by atoms with Crippen LogP contribution in [0.25, 0.3) is 0 Å². The van der Waals surface area contributed by atoms with Gasteiger partial charge in [0.05, 0.1) is 23.7 Å². The molecule has 1 heterocycles. The number of hydrogen-bond acceptors (Lipinski definition) is 8. The summed E-state index contributed by atoms with van der Waals surface area (Å²) in [5.74, 6) is 0. The first kappa shape index (κ1) is 39.4. The molecule has 0 spiro atoms. The zero-order chi connectivity index (χ0) is 38.3. The number of hydrogen-bond donors (Lipinski definition) is 2. The number of halogens is 1. The Hall–Kier alpha value is -4.27. The maximum Gasteiger partial charge on any atom is 0.289 e. The number of likely N-dealkylation sites (tertiary alicyclic amines) is 1. The minimum absolute atomic E-state index is 0.0401. The number of ether oxygens (including phenoxy) is 1. The van der Waals surface area contributed by atoms with E-state index in [0.29, 0.717) is 26.0 Å². The number of aliphatic hydroxyl groups excluding tert-OH is 1. The first-order chi connectivity index (χ1) is 26.0. The smallest absolute Gasteiger partial charge is 0.289 e. The van der Waals surface area contributed by atoms with Crippen molar-refractivity contribution in [2.24, 2.45) is 0 Å². The summed E-state index contributed by atoms with van der Waals surface area (Å²) in [5.41, 5.74) is 1.74. The van der Waals surface area contributed by atoms with Gasteiger partial charge in [-0.25, -0.2) is 13.1 Å². The number of nitro groups is 1. The number of nitrogens with one attached hydrogen (secondary N) is 1. The van der Waals surface area contributed by atoms with Gasteiger partial charge in [0.25, 0.3) is 5.69 Å². The molecule has 6 rings (SSSR count). The van der Waals surface area contributed by atoms with Crippen LogP contribution in [0.5, 0.6) is 0 Å². The lowest BCUT2D eigenvalue weighted by molar-refractivity contribution is -0.387. The molecule has 282 valence electrons. The minimum Gasteiger partial charge on any atom is -0.394 e. The fourth-order valence-electron chi connectivity index (χ4n) is 7.60. The van der Waals surface area contributed by atoms with Crippen molar-refractivity contribution in [2.75, 3.05) is 40.4 Å². The summed E-state index contributed by atoms with van der Waals surface area (Å²) in [6.45, 7) is 0.734. The van der Waals surface area contributed by atoms with Gasteiger partial charge in [0.2, 0.25) is 10.0 Å². The Labute approximate surface area is 325 Å². The lowest BCUT2D eigenvalue weighted by atomic mass is 9.79. The van der Waals surface area contributed by atoms with Gasteiger partial charge in [-0.05, 0) is 67.4 Å². The SMILES string of the molecule is CN(C)[C@](CO)(CCN1C(CNS(=O)(=O)c2ccccc2[N+](=O)[O-])CC1COC(c1ccccc1)(c1ccccc1)c1ccccc1)c1ccc(Br)cc1. The van der Waals surface area contributed by atoms with E-state index in [1.807, 2.05) is 97.9 Å². The number of nitrogens with zero attached hydrogens (tertiary/aromatic N) is 3. The number of nitro benzene ring substituents is 1. The molecule has 5 aromatic rings. The predicted octanol–water partition coefficient (Wildman–Crippen LogP) is 6.93. The molecule has 2 unspecified atom stereocenters. The van der Waals surface area contributed by atoms with Crippen LogP contribution in [0.4, 0.5) is 5.69 Å². The summed E-state index contributed by atoms with van der Waals surface area (Å²) < 4.78 is 37.8. The van der Waals surface area contributed by atoms with Gasteiger partial charge in [0.15, 0.2) is 4.90 Å². The third-order valence-electron chi connectivity index (χ3n) is 10.7. The largest absolute Gasteiger partial charge is 0.394 e. The normalized spacial score (nSPS) is 17.5. The molecular formula is C42H45BrN4O6S. The quantitative estimate of drug-likeness (QED) is 0.0589. The summed E-state index contributed by atoms with van der Waals surface area (Å²) in [5, 5.41) is 22.6. The third-order valence-corrected chi connectivity index (χ3v) is 12.7. The molecule has 0 aromatic heterocycles. The maximum absolute atomic E-state index is 13.5. The predicted molar refractivity (Wildman–Crippen MR) is 214 cm³/mol. The zero-order valence-electron chi connectivity index (χ0n) is 30.3. The third kappa shape index (κ3) is 8.06. The van der Waals surface area contributed by atoms with Crippen molar-refractivity contribution in [2.45, 2.75) is 41.0 Å². The van der Waals surface area contributed by atoms with Gasteiger partial charge in [-0.2, -0.15) is 0 Å². The molecule has 0 radical (unpaired) electrons. The summed E-state index contributed by atoms with van der Waals surface area (Å²) in [4.78, 5) is 14.9. The standard InChI is InChI=1S/C42H45BrN4O6S/c1-45(2)41(31-48,32-22-24-36(43)25-23-32)26-27-46-37(29-44-54(51,52)40-21-13-12-20-39(40)47(49)50)28-38(46)30-53-42(33-14-6-3-7-15-33,34-16-8-4-9-17-34)35-18-10-5-11-19-35/h3-25,37-38,44,48H,26-31H2,1-2H3/t37?,38?,41-/m0/s1.